The lowest BCUT2D eigenvalue weighted by molar-refractivity contribution is -0.137. The van der Waals surface area contributed by atoms with E-state index in [-0.39, 0.29) is 9.09 Å². The molecule has 0 saturated heterocycles. The highest BCUT2D eigenvalue weighted by molar-refractivity contribution is 7.93. The van der Waals surface area contributed by atoms with Gasteiger partial charge in [0, 0.05) is 17.3 Å². The Morgan fingerprint density at radius 3 is 2.29 bits per heavy atom. The summed E-state index contributed by atoms with van der Waals surface area (Å²) >= 11 is 0.759. The third-order valence-corrected chi connectivity index (χ3v) is 7.54. The maximum absolute atomic E-state index is 12.6. The highest BCUT2D eigenvalue weighted by Gasteiger charge is 2.33. The fourth-order valence-electron chi connectivity index (χ4n) is 1.77. The Hall–Kier alpha value is -1.66. The van der Waals surface area contributed by atoms with Gasteiger partial charge in [0.2, 0.25) is 9.84 Å². The van der Waals surface area contributed by atoms with Crippen LogP contribution >= 0.6 is 11.3 Å². The predicted molar refractivity (Wildman–Crippen MR) is 82.0 cm³/mol. The Morgan fingerprint density at radius 1 is 1.21 bits per heavy atom. The van der Waals surface area contributed by atoms with Gasteiger partial charge in [-0.05, 0) is 18.2 Å². The van der Waals surface area contributed by atoms with E-state index in [1.54, 1.807) is 0 Å². The number of nitrogens with two attached hydrogens (primary N) is 1. The Labute approximate surface area is 140 Å². The van der Waals surface area contributed by atoms with Crippen molar-refractivity contribution < 1.29 is 30.0 Å². The number of hydrogen-bond acceptors (Lipinski definition) is 7. The Bertz CT molecular complexity index is 979. The van der Waals surface area contributed by atoms with Gasteiger partial charge in [-0.1, -0.05) is 0 Å². The number of anilines is 1. The fourth-order valence-corrected chi connectivity index (χ4v) is 5.49. The number of nitrogens with zero attached hydrogens (tertiary/aromatic N) is 1. The number of pyridine rings is 1. The van der Waals surface area contributed by atoms with Crippen LogP contribution in [0.1, 0.15) is 10.4 Å². The van der Waals surface area contributed by atoms with Crippen molar-refractivity contribution in [3.63, 3.8) is 0 Å². The molecule has 2 rings (SSSR count). The van der Waals surface area contributed by atoms with Crippen molar-refractivity contribution in [1.82, 2.24) is 4.98 Å². The monoisotopic (exact) mass is 400 g/mol. The van der Waals surface area contributed by atoms with Gasteiger partial charge < -0.3 is 5.73 Å². The van der Waals surface area contributed by atoms with Gasteiger partial charge in [-0.3, -0.25) is 0 Å². The maximum Gasteiger partial charge on any atom is 0.417 e. The zero-order valence-corrected chi connectivity index (χ0v) is 14.5. The van der Waals surface area contributed by atoms with Crippen LogP contribution in [0.4, 0.5) is 18.9 Å². The van der Waals surface area contributed by atoms with Crippen molar-refractivity contribution in [1.29, 1.82) is 0 Å². The molecule has 0 spiro atoms. The van der Waals surface area contributed by atoms with E-state index in [0.717, 1.165) is 17.6 Å². The van der Waals surface area contributed by atoms with E-state index in [2.05, 4.69) is 4.98 Å². The molecule has 0 aliphatic rings. The number of sulfone groups is 2. The number of halogens is 3. The molecule has 0 aliphatic heterocycles. The normalized spacial score (nSPS) is 13.2. The summed E-state index contributed by atoms with van der Waals surface area (Å²) in [5, 5.41) is -0.676. The summed E-state index contributed by atoms with van der Waals surface area (Å²) in [7, 11) is -7.60. The zero-order chi connectivity index (χ0) is 18.3. The van der Waals surface area contributed by atoms with Crippen molar-refractivity contribution in [2.45, 2.75) is 21.2 Å². The number of hydrogen-bond donors (Lipinski definition) is 1. The van der Waals surface area contributed by atoms with Crippen molar-refractivity contribution in [3.8, 4) is 0 Å². The molecule has 2 heterocycles. The number of thiophene rings is 1. The minimum absolute atomic E-state index is 0.0129. The molecule has 2 aromatic rings. The van der Waals surface area contributed by atoms with Gasteiger partial charge in [0.15, 0.2) is 14.9 Å². The van der Waals surface area contributed by atoms with Crippen LogP contribution in [0, 0.1) is 0 Å². The molecule has 6 nitrogen and oxygen atoms in total. The molecule has 0 saturated carbocycles. The second-order valence-electron chi connectivity index (χ2n) is 4.87. The van der Waals surface area contributed by atoms with Gasteiger partial charge in [0.25, 0.3) is 0 Å². The lowest BCUT2D eigenvalue weighted by atomic mass is 10.2. The molecule has 0 radical (unpaired) electrons. The molecule has 0 bridgehead atoms. The number of aromatic nitrogens is 1. The molecular weight excluding hydrogens is 389 g/mol. The fraction of sp³-hybridized carbons (Fsp3) is 0.250. The lowest BCUT2D eigenvalue weighted by Gasteiger charge is -2.10. The van der Waals surface area contributed by atoms with Gasteiger partial charge in [0.1, 0.15) is 4.21 Å². The molecule has 24 heavy (non-hydrogen) atoms. The van der Waals surface area contributed by atoms with Crippen molar-refractivity contribution in [2.75, 3.05) is 12.0 Å². The Balaban J connectivity index is 2.36. The van der Waals surface area contributed by atoms with E-state index in [1.165, 1.54) is 12.1 Å². The van der Waals surface area contributed by atoms with Gasteiger partial charge in [-0.2, -0.15) is 13.2 Å². The van der Waals surface area contributed by atoms with Crippen LogP contribution in [0.2, 0.25) is 0 Å². The van der Waals surface area contributed by atoms with Gasteiger partial charge in [-0.25, -0.2) is 21.8 Å². The predicted octanol–water partition coefficient (Wildman–Crippen LogP) is 2.12. The van der Waals surface area contributed by atoms with Gasteiger partial charge in [-0.15, -0.1) is 11.3 Å². The van der Waals surface area contributed by atoms with Gasteiger partial charge in [0.05, 0.1) is 17.0 Å². The highest BCUT2D eigenvalue weighted by Crippen LogP contribution is 2.32. The second kappa shape index (κ2) is 6.01. The quantitative estimate of drug-likeness (QED) is 0.842. The average Bonchev–Trinajstić information content (AvgIpc) is 2.84. The van der Waals surface area contributed by atoms with Crippen molar-refractivity contribution in [3.05, 3.63) is 34.8 Å². The number of alkyl halides is 3. The van der Waals surface area contributed by atoms with Crippen LogP contribution in [0.3, 0.4) is 0 Å². The molecule has 0 atom stereocenters. The molecule has 132 valence electrons. The molecule has 0 aromatic carbocycles. The smallest absolute Gasteiger partial charge is 0.396 e. The first-order valence-electron chi connectivity index (χ1n) is 6.15. The summed E-state index contributed by atoms with van der Waals surface area (Å²) in [5.41, 5.74) is 3.62. The third-order valence-electron chi connectivity index (χ3n) is 2.84. The Morgan fingerprint density at radius 2 is 1.83 bits per heavy atom. The second-order valence-corrected chi connectivity index (χ2v) is 10.2. The summed E-state index contributed by atoms with van der Waals surface area (Å²) < 4.78 is 85.0. The van der Waals surface area contributed by atoms with E-state index in [0.29, 0.717) is 12.3 Å². The topological polar surface area (TPSA) is 107 Å². The average molecular weight is 400 g/mol. The summed E-state index contributed by atoms with van der Waals surface area (Å²) in [4.78, 5) is 3.53. The Kier molecular flexibility index (Phi) is 4.67. The van der Waals surface area contributed by atoms with E-state index < -0.39 is 47.9 Å². The summed E-state index contributed by atoms with van der Waals surface area (Å²) in [5.74, 6) is -0.615. The van der Waals surface area contributed by atoms with Crippen LogP contribution in [-0.2, 0) is 31.6 Å². The van der Waals surface area contributed by atoms with Crippen LogP contribution in [0.5, 0.6) is 0 Å². The molecule has 0 aliphatic carbocycles. The molecular formula is C12H11F3N2O4S3. The first kappa shape index (κ1) is 18.7. The molecule has 0 amide bonds. The first-order chi connectivity index (χ1) is 10.8. The van der Waals surface area contributed by atoms with Crippen LogP contribution < -0.4 is 5.73 Å². The lowest BCUT2D eigenvalue weighted by Crippen LogP contribution is -2.13. The number of rotatable bonds is 4. The third kappa shape index (κ3) is 4.05. The molecule has 12 heteroatoms. The van der Waals surface area contributed by atoms with E-state index in [9.17, 15) is 30.0 Å². The van der Waals surface area contributed by atoms with E-state index >= 15 is 0 Å². The SMILES string of the molecule is CS(=O)(=O)c1ccc(CS(=O)(=O)c2ncc(C(F)(F)F)cc2N)s1. The molecule has 0 unspecified atom stereocenters. The maximum atomic E-state index is 12.6. The standard InChI is InChI=1S/C12H11F3N2O4S3/c1-23(18,19)10-3-2-8(22-10)6-24(20,21)11-9(16)4-7(5-17-11)12(13,14)15/h2-5H,6,16H2,1H3. The van der Waals surface area contributed by atoms with Crippen molar-refractivity contribution >= 4 is 36.7 Å². The van der Waals surface area contributed by atoms with E-state index in [1.807, 2.05) is 0 Å². The molecule has 2 aromatic heterocycles. The van der Waals surface area contributed by atoms with E-state index in [4.69, 9.17) is 5.73 Å². The van der Waals surface area contributed by atoms with Crippen LogP contribution in [0.15, 0.2) is 33.6 Å². The zero-order valence-electron chi connectivity index (χ0n) is 12.0. The van der Waals surface area contributed by atoms with Crippen LogP contribution in [-0.4, -0.2) is 28.1 Å². The van der Waals surface area contributed by atoms with Gasteiger partial charge >= 0.3 is 6.18 Å². The van der Waals surface area contributed by atoms with Crippen LogP contribution in [0.25, 0.3) is 0 Å². The van der Waals surface area contributed by atoms with Crippen molar-refractivity contribution in [2.24, 2.45) is 0 Å². The number of nitrogen functional groups attached to an aromatic ring is 1. The summed E-state index contributed by atoms with van der Waals surface area (Å²) in [6.07, 6.45) is -3.33. The molecule has 2 N–H and O–H groups in total. The highest BCUT2D eigenvalue weighted by atomic mass is 32.2. The molecule has 0 fully saturated rings. The minimum Gasteiger partial charge on any atom is -0.396 e. The minimum atomic E-state index is -4.69. The largest absolute Gasteiger partial charge is 0.417 e. The summed E-state index contributed by atoms with van der Waals surface area (Å²) in [6, 6.07) is 3.07. The summed E-state index contributed by atoms with van der Waals surface area (Å²) in [6.45, 7) is 0. The first-order valence-corrected chi connectivity index (χ1v) is 10.5.